The van der Waals surface area contributed by atoms with Crippen LogP contribution in [0.3, 0.4) is 0 Å². The maximum absolute atomic E-state index is 4.45. The van der Waals surface area contributed by atoms with E-state index in [1.165, 1.54) is 24.4 Å². The van der Waals surface area contributed by atoms with E-state index in [1.54, 1.807) is 0 Å². The Labute approximate surface area is 121 Å². The first kappa shape index (κ1) is 14.7. The lowest BCUT2D eigenvalue weighted by atomic mass is 10.2. The largest absolute Gasteiger partial charge is 0.369 e. The van der Waals surface area contributed by atoms with Gasteiger partial charge in [-0.1, -0.05) is 20.8 Å². The minimum atomic E-state index is 0.501. The van der Waals surface area contributed by atoms with Crippen LogP contribution in [0.2, 0.25) is 0 Å². The minimum Gasteiger partial charge on any atom is -0.369 e. The van der Waals surface area contributed by atoms with Crippen molar-refractivity contribution in [1.82, 2.24) is 10.3 Å². The van der Waals surface area contributed by atoms with Crippen molar-refractivity contribution in [2.45, 2.75) is 45.0 Å². The zero-order valence-electron chi connectivity index (χ0n) is 12.2. The maximum Gasteiger partial charge on any atom is 0.0562 e. The molecule has 0 radical (unpaired) electrons. The Hall–Kier alpha value is -0.740. The van der Waals surface area contributed by atoms with Crippen LogP contribution in [0.5, 0.6) is 0 Å². The number of thioether (sulfide) groups is 1. The van der Waals surface area contributed by atoms with Gasteiger partial charge in [0.25, 0.3) is 0 Å². The van der Waals surface area contributed by atoms with E-state index in [0.29, 0.717) is 6.04 Å². The highest BCUT2D eigenvalue weighted by Gasteiger charge is 2.19. The summed E-state index contributed by atoms with van der Waals surface area (Å²) in [6, 6.07) is 4.88. The topological polar surface area (TPSA) is 28.2 Å². The molecule has 1 fully saturated rings. The highest BCUT2D eigenvalue weighted by atomic mass is 32.2. The fourth-order valence-corrected chi connectivity index (χ4v) is 3.45. The summed E-state index contributed by atoms with van der Waals surface area (Å²) in [5.41, 5.74) is 2.46. The molecule has 4 heteroatoms. The summed E-state index contributed by atoms with van der Waals surface area (Å²) in [6.07, 6.45) is 3.20. The van der Waals surface area contributed by atoms with E-state index >= 15 is 0 Å². The molecule has 1 aliphatic heterocycles. The molecule has 0 aliphatic carbocycles. The molecule has 19 heavy (non-hydrogen) atoms. The first-order valence-electron chi connectivity index (χ1n) is 7.24. The van der Waals surface area contributed by atoms with Crippen LogP contribution in [0, 0.1) is 0 Å². The molecular weight excluding hydrogens is 254 g/mol. The molecule has 0 amide bonds. The highest BCUT2D eigenvalue weighted by Crippen LogP contribution is 2.25. The van der Waals surface area contributed by atoms with Gasteiger partial charge in [-0.05, 0) is 18.6 Å². The van der Waals surface area contributed by atoms with Gasteiger partial charge < -0.3 is 10.2 Å². The van der Waals surface area contributed by atoms with E-state index in [-0.39, 0.29) is 0 Å². The van der Waals surface area contributed by atoms with Gasteiger partial charge in [-0.2, -0.15) is 11.8 Å². The molecule has 2 rings (SSSR count). The van der Waals surface area contributed by atoms with E-state index in [4.69, 9.17) is 0 Å². The molecule has 1 aromatic rings. The van der Waals surface area contributed by atoms with Crippen LogP contribution < -0.4 is 10.2 Å². The molecule has 1 atom stereocenters. The van der Waals surface area contributed by atoms with Crippen molar-refractivity contribution >= 4 is 17.4 Å². The number of anilines is 1. The van der Waals surface area contributed by atoms with E-state index in [2.05, 4.69) is 59.9 Å². The molecular formula is C15H25N3S. The van der Waals surface area contributed by atoms with Crippen molar-refractivity contribution in [1.29, 1.82) is 0 Å². The maximum atomic E-state index is 4.45. The normalized spacial score (nSPS) is 20.0. The molecule has 1 unspecified atom stereocenters. The van der Waals surface area contributed by atoms with Gasteiger partial charge in [-0.25, -0.2) is 0 Å². The summed E-state index contributed by atoms with van der Waals surface area (Å²) in [7, 11) is 0. The second-order valence-electron chi connectivity index (χ2n) is 5.39. The van der Waals surface area contributed by atoms with Gasteiger partial charge >= 0.3 is 0 Å². The zero-order valence-corrected chi connectivity index (χ0v) is 13.0. The second kappa shape index (κ2) is 7.15. The summed E-state index contributed by atoms with van der Waals surface area (Å²) >= 11 is 2.11. The van der Waals surface area contributed by atoms with Crippen LogP contribution >= 0.6 is 11.8 Å². The van der Waals surface area contributed by atoms with Crippen molar-refractivity contribution in [2.75, 3.05) is 23.7 Å². The third kappa shape index (κ3) is 4.39. The molecule has 1 aliphatic rings. The number of nitrogens with zero attached hydrogens (tertiary/aromatic N) is 2. The van der Waals surface area contributed by atoms with Gasteiger partial charge in [0, 0.05) is 48.6 Å². The molecule has 0 aromatic carbocycles. The quantitative estimate of drug-likeness (QED) is 0.897. The van der Waals surface area contributed by atoms with Crippen molar-refractivity contribution in [3.8, 4) is 0 Å². The van der Waals surface area contributed by atoms with Gasteiger partial charge in [-0.3, -0.25) is 4.98 Å². The van der Waals surface area contributed by atoms with Crippen LogP contribution in [-0.2, 0) is 6.54 Å². The van der Waals surface area contributed by atoms with Crippen molar-refractivity contribution in [2.24, 2.45) is 0 Å². The van der Waals surface area contributed by atoms with Crippen LogP contribution in [0.4, 0.5) is 5.69 Å². The van der Waals surface area contributed by atoms with Gasteiger partial charge in [0.2, 0.25) is 0 Å². The molecule has 1 aromatic heterocycles. The minimum absolute atomic E-state index is 0.501. The fourth-order valence-electron chi connectivity index (χ4n) is 2.27. The second-order valence-corrected chi connectivity index (χ2v) is 6.80. The molecule has 0 saturated carbocycles. The summed E-state index contributed by atoms with van der Waals surface area (Å²) in [5, 5.41) is 4.20. The summed E-state index contributed by atoms with van der Waals surface area (Å²) in [4.78, 5) is 6.96. The number of hydrogen-bond acceptors (Lipinski definition) is 4. The lowest BCUT2D eigenvalue weighted by molar-refractivity contribution is 0.581. The van der Waals surface area contributed by atoms with Gasteiger partial charge in [0.15, 0.2) is 0 Å². The van der Waals surface area contributed by atoms with Crippen molar-refractivity contribution in [3.05, 3.63) is 24.0 Å². The third-order valence-corrected chi connectivity index (χ3v) is 4.82. The lowest BCUT2D eigenvalue weighted by Crippen LogP contribution is -2.37. The Bertz CT molecular complexity index is 395. The molecule has 0 spiro atoms. The van der Waals surface area contributed by atoms with E-state index in [1.807, 2.05) is 6.20 Å². The van der Waals surface area contributed by atoms with Crippen LogP contribution in [0.25, 0.3) is 0 Å². The summed E-state index contributed by atoms with van der Waals surface area (Å²) in [5.74, 6) is 1.24. The van der Waals surface area contributed by atoms with Gasteiger partial charge in [0.1, 0.15) is 0 Å². The fraction of sp³-hybridized carbons (Fsp3) is 0.667. The Morgan fingerprint density at radius 1 is 1.53 bits per heavy atom. The average molecular weight is 279 g/mol. The molecule has 1 N–H and O–H groups in total. The molecule has 2 heterocycles. The monoisotopic (exact) mass is 279 g/mol. The Morgan fingerprint density at radius 3 is 3.11 bits per heavy atom. The smallest absolute Gasteiger partial charge is 0.0562 e. The molecule has 106 valence electrons. The number of rotatable bonds is 5. The number of pyridine rings is 1. The first-order valence-corrected chi connectivity index (χ1v) is 8.28. The van der Waals surface area contributed by atoms with Crippen LogP contribution in [0.15, 0.2) is 18.3 Å². The number of aromatic nitrogens is 1. The standard InChI is InChI=1S/C15H25N3S/c1-4-15-11-18(7-8-19-15)14-5-6-16-13(9-14)10-17-12(2)3/h5-6,9,12,15,17H,4,7-8,10-11H2,1-3H3. The molecule has 3 nitrogen and oxygen atoms in total. The van der Waals surface area contributed by atoms with E-state index < -0.39 is 0 Å². The predicted molar refractivity (Wildman–Crippen MR) is 85.0 cm³/mol. The van der Waals surface area contributed by atoms with Gasteiger partial charge in [-0.15, -0.1) is 0 Å². The van der Waals surface area contributed by atoms with Gasteiger partial charge in [0.05, 0.1) is 5.69 Å². The van der Waals surface area contributed by atoms with E-state index in [9.17, 15) is 0 Å². The average Bonchev–Trinajstić information content (AvgIpc) is 2.45. The number of nitrogens with one attached hydrogen (secondary N) is 1. The zero-order chi connectivity index (χ0) is 13.7. The third-order valence-electron chi connectivity index (χ3n) is 3.45. The SMILES string of the molecule is CCC1CN(c2ccnc(CNC(C)C)c2)CCS1. The Morgan fingerprint density at radius 2 is 2.37 bits per heavy atom. The van der Waals surface area contributed by atoms with E-state index in [0.717, 1.165) is 24.0 Å². The van der Waals surface area contributed by atoms with Crippen LogP contribution in [0.1, 0.15) is 32.9 Å². The van der Waals surface area contributed by atoms with Crippen molar-refractivity contribution < 1.29 is 0 Å². The summed E-state index contributed by atoms with van der Waals surface area (Å²) < 4.78 is 0. The Balaban J connectivity index is 2.01. The first-order chi connectivity index (χ1) is 9.19. The Kier molecular flexibility index (Phi) is 5.52. The summed E-state index contributed by atoms with van der Waals surface area (Å²) in [6.45, 7) is 9.79. The molecule has 1 saturated heterocycles. The lowest BCUT2D eigenvalue weighted by Gasteiger charge is -2.33. The number of hydrogen-bond donors (Lipinski definition) is 1. The molecule has 0 bridgehead atoms. The van der Waals surface area contributed by atoms with Crippen molar-refractivity contribution in [3.63, 3.8) is 0 Å². The highest BCUT2D eigenvalue weighted by molar-refractivity contribution is 8.00. The predicted octanol–water partition coefficient (Wildman–Crippen LogP) is 2.91. The van der Waals surface area contributed by atoms with Crippen LogP contribution in [-0.4, -0.2) is 35.1 Å².